The topological polar surface area (TPSA) is 81.9 Å². The molecule has 1 aromatic heterocycles. The summed E-state index contributed by atoms with van der Waals surface area (Å²) < 4.78 is 6.95. The molecule has 0 radical (unpaired) electrons. The number of carbonyl (C=O) groups excluding carboxylic acids is 1. The summed E-state index contributed by atoms with van der Waals surface area (Å²) in [7, 11) is 1.60. The molecule has 0 fully saturated rings. The molecule has 1 heterocycles. The zero-order valence-electron chi connectivity index (χ0n) is 15.9. The van der Waals surface area contributed by atoms with Crippen LogP contribution in [0.5, 0.6) is 5.75 Å². The van der Waals surface area contributed by atoms with Gasteiger partial charge in [0, 0.05) is 0 Å². The highest BCUT2D eigenvalue weighted by molar-refractivity contribution is 7.99. The van der Waals surface area contributed by atoms with Crippen LogP contribution < -0.4 is 10.1 Å². The summed E-state index contributed by atoms with van der Waals surface area (Å²) >= 11 is 1.29. The number of para-hydroxylation sites is 2. The lowest BCUT2D eigenvalue weighted by molar-refractivity contribution is -0.119. The minimum atomic E-state index is -0.0538. The van der Waals surface area contributed by atoms with E-state index in [0.29, 0.717) is 10.9 Å². The van der Waals surface area contributed by atoms with Crippen molar-refractivity contribution in [1.82, 2.24) is 25.5 Å². The van der Waals surface area contributed by atoms with Crippen molar-refractivity contribution in [3.05, 3.63) is 60.2 Å². The van der Waals surface area contributed by atoms with Gasteiger partial charge in [0.05, 0.1) is 18.9 Å². The molecule has 146 valence electrons. The number of tetrazole rings is 1. The van der Waals surface area contributed by atoms with E-state index in [9.17, 15) is 4.79 Å². The fourth-order valence-corrected chi connectivity index (χ4v) is 3.58. The summed E-state index contributed by atoms with van der Waals surface area (Å²) in [6, 6.07) is 17.5. The smallest absolute Gasteiger partial charge is 0.230 e. The number of amides is 1. The van der Waals surface area contributed by atoms with Gasteiger partial charge in [0.15, 0.2) is 0 Å². The summed E-state index contributed by atoms with van der Waals surface area (Å²) in [6.07, 6.45) is 1.87. The lowest BCUT2D eigenvalue weighted by Crippen LogP contribution is -2.30. The van der Waals surface area contributed by atoms with Gasteiger partial charge in [-0.1, -0.05) is 67.6 Å². The van der Waals surface area contributed by atoms with Crippen LogP contribution in [0.25, 0.3) is 5.69 Å². The van der Waals surface area contributed by atoms with E-state index in [-0.39, 0.29) is 17.7 Å². The molecule has 0 aliphatic rings. The second-order valence-corrected chi connectivity index (χ2v) is 7.10. The molecule has 0 saturated carbocycles. The largest absolute Gasteiger partial charge is 0.494 e. The van der Waals surface area contributed by atoms with Gasteiger partial charge in [-0.05, 0) is 34.5 Å². The Morgan fingerprint density at radius 3 is 2.68 bits per heavy atom. The molecule has 28 heavy (non-hydrogen) atoms. The Balaban J connectivity index is 1.66. The Kier molecular flexibility index (Phi) is 7.02. The van der Waals surface area contributed by atoms with Crippen molar-refractivity contribution in [3.8, 4) is 11.4 Å². The van der Waals surface area contributed by atoms with Crippen LogP contribution in [0.2, 0.25) is 0 Å². The second kappa shape index (κ2) is 9.89. The van der Waals surface area contributed by atoms with Crippen LogP contribution in [0.15, 0.2) is 59.8 Å². The molecular weight excluding hydrogens is 374 g/mol. The molecule has 1 atom stereocenters. The van der Waals surface area contributed by atoms with Crippen LogP contribution in [0.1, 0.15) is 31.4 Å². The highest BCUT2D eigenvalue weighted by Crippen LogP contribution is 2.25. The van der Waals surface area contributed by atoms with Crippen LogP contribution in [0.4, 0.5) is 0 Å². The van der Waals surface area contributed by atoms with Crippen LogP contribution >= 0.6 is 11.8 Å². The molecule has 0 spiro atoms. The summed E-state index contributed by atoms with van der Waals surface area (Å²) in [5.74, 6) is 0.831. The summed E-state index contributed by atoms with van der Waals surface area (Å²) in [6.45, 7) is 2.11. The predicted molar refractivity (Wildman–Crippen MR) is 109 cm³/mol. The molecule has 1 N–H and O–H groups in total. The molecule has 0 saturated heterocycles. The van der Waals surface area contributed by atoms with Gasteiger partial charge in [-0.2, -0.15) is 4.68 Å². The van der Waals surface area contributed by atoms with Crippen molar-refractivity contribution in [2.24, 2.45) is 0 Å². The standard InChI is InChI=1S/C20H23N5O2S/c1-3-9-16(15-10-5-4-6-11-15)21-19(26)14-28-20-22-23-24-25(20)17-12-7-8-13-18(17)27-2/h4-8,10-13,16H,3,9,14H2,1-2H3,(H,21,26). The molecule has 1 unspecified atom stereocenters. The maximum atomic E-state index is 12.5. The number of nitrogens with one attached hydrogen (secondary N) is 1. The first-order valence-electron chi connectivity index (χ1n) is 9.11. The highest BCUT2D eigenvalue weighted by Gasteiger charge is 2.17. The molecule has 3 aromatic rings. The molecule has 8 heteroatoms. The summed E-state index contributed by atoms with van der Waals surface area (Å²) in [4.78, 5) is 12.5. The van der Waals surface area contributed by atoms with Crippen LogP contribution in [0, 0.1) is 0 Å². The number of hydrogen-bond donors (Lipinski definition) is 1. The van der Waals surface area contributed by atoms with Gasteiger partial charge in [-0.3, -0.25) is 4.79 Å². The minimum Gasteiger partial charge on any atom is -0.494 e. The normalized spacial score (nSPS) is 11.8. The van der Waals surface area contributed by atoms with Gasteiger partial charge in [0.1, 0.15) is 11.4 Å². The summed E-state index contributed by atoms with van der Waals surface area (Å²) in [5, 5.41) is 15.5. The van der Waals surface area contributed by atoms with Gasteiger partial charge in [-0.25, -0.2) is 0 Å². The molecule has 3 rings (SSSR count). The van der Waals surface area contributed by atoms with Gasteiger partial charge >= 0.3 is 0 Å². The Morgan fingerprint density at radius 2 is 1.93 bits per heavy atom. The maximum Gasteiger partial charge on any atom is 0.230 e. The zero-order chi connectivity index (χ0) is 19.8. The van der Waals surface area contributed by atoms with E-state index in [0.717, 1.165) is 24.1 Å². The van der Waals surface area contributed by atoms with Gasteiger partial charge in [0.25, 0.3) is 0 Å². The van der Waals surface area contributed by atoms with E-state index < -0.39 is 0 Å². The maximum absolute atomic E-state index is 12.5. The van der Waals surface area contributed by atoms with Crippen LogP contribution in [0.3, 0.4) is 0 Å². The summed E-state index contributed by atoms with van der Waals surface area (Å²) in [5.41, 5.74) is 1.84. The van der Waals surface area contributed by atoms with E-state index in [1.807, 2.05) is 54.6 Å². The van der Waals surface area contributed by atoms with Crippen molar-refractivity contribution < 1.29 is 9.53 Å². The average Bonchev–Trinajstić information content (AvgIpc) is 3.21. The lowest BCUT2D eigenvalue weighted by Gasteiger charge is -2.18. The van der Waals surface area contributed by atoms with E-state index in [1.54, 1.807) is 11.8 Å². The number of benzene rings is 2. The first-order chi connectivity index (χ1) is 13.7. The highest BCUT2D eigenvalue weighted by atomic mass is 32.2. The van der Waals surface area contributed by atoms with Gasteiger partial charge in [0.2, 0.25) is 11.1 Å². The Labute approximate surface area is 168 Å². The fourth-order valence-electron chi connectivity index (χ4n) is 2.89. The number of rotatable bonds is 9. The molecule has 0 aliphatic carbocycles. The minimum absolute atomic E-state index is 0.00418. The van der Waals surface area contributed by atoms with Crippen molar-refractivity contribution in [1.29, 1.82) is 0 Å². The van der Waals surface area contributed by atoms with Crippen LogP contribution in [-0.2, 0) is 4.79 Å². The number of thioether (sulfide) groups is 1. The number of nitrogens with zero attached hydrogens (tertiary/aromatic N) is 4. The molecule has 7 nitrogen and oxygen atoms in total. The first kappa shape index (κ1) is 19.9. The average molecular weight is 398 g/mol. The molecule has 2 aromatic carbocycles. The van der Waals surface area contributed by atoms with Gasteiger partial charge < -0.3 is 10.1 Å². The van der Waals surface area contributed by atoms with E-state index >= 15 is 0 Å². The van der Waals surface area contributed by atoms with Gasteiger partial charge in [-0.15, -0.1) is 5.10 Å². The van der Waals surface area contributed by atoms with E-state index in [1.165, 1.54) is 11.8 Å². The van der Waals surface area contributed by atoms with Crippen molar-refractivity contribution in [2.45, 2.75) is 31.0 Å². The number of ether oxygens (including phenoxy) is 1. The van der Waals surface area contributed by atoms with Crippen molar-refractivity contribution >= 4 is 17.7 Å². The Hall–Kier alpha value is -2.87. The second-order valence-electron chi connectivity index (χ2n) is 6.15. The molecule has 1 amide bonds. The van der Waals surface area contributed by atoms with Crippen LogP contribution in [-0.4, -0.2) is 39.0 Å². The Bertz CT molecular complexity index is 900. The van der Waals surface area contributed by atoms with Crippen molar-refractivity contribution in [3.63, 3.8) is 0 Å². The number of hydrogen-bond acceptors (Lipinski definition) is 6. The quantitative estimate of drug-likeness (QED) is 0.557. The zero-order valence-corrected chi connectivity index (χ0v) is 16.7. The SMILES string of the molecule is CCCC(NC(=O)CSc1nnnn1-c1ccccc1OC)c1ccccc1. The van der Waals surface area contributed by atoms with E-state index in [2.05, 4.69) is 27.8 Å². The molecular formula is C20H23N5O2S. The number of carbonyl (C=O) groups is 1. The molecule has 0 bridgehead atoms. The predicted octanol–water partition coefficient (Wildman–Crippen LogP) is 3.42. The third kappa shape index (κ3) is 4.89. The first-order valence-corrected chi connectivity index (χ1v) is 10.1. The molecule has 0 aliphatic heterocycles. The number of aromatic nitrogens is 4. The number of methoxy groups -OCH3 is 1. The third-order valence-corrected chi connectivity index (χ3v) is 5.12. The van der Waals surface area contributed by atoms with Crippen molar-refractivity contribution in [2.75, 3.05) is 12.9 Å². The van der Waals surface area contributed by atoms with E-state index in [4.69, 9.17) is 4.74 Å². The lowest BCUT2D eigenvalue weighted by atomic mass is 10.0. The third-order valence-electron chi connectivity index (χ3n) is 4.20. The monoisotopic (exact) mass is 397 g/mol. The Morgan fingerprint density at radius 1 is 1.18 bits per heavy atom. The fraction of sp³-hybridized carbons (Fsp3) is 0.300.